The van der Waals surface area contributed by atoms with Crippen molar-refractivity contribution in [1.29, 1.82) is 0 Å². The molecule has 0 spiro atoms. The number of H-pyrrole nitrogens is 1. The summed E-state index contributed by atoms with van der Waals surface area (Å²) in [6.07, 6.45) is 1.46. The fourth-order valence-electron chi connectivity index (χ4n) is 3.64. The van der Waals surface area contributed by atoms with Crippen LogP contribution in [0.1, 0.15) is 29.0 Å². The minimum atomic E-state index is -1.14. The van der Waals surface area contributed by atoms with Gasteiger partial charge in [0.1, 0.15) is 5.69 Å². The van der Waals surface area contributed by atoms with E-state index in [1.807, 2.05) is 0 Å². The van der Waals surface area contributed by atoms with Gasteiger partial charge in [-0.2, -0.15) is 0 Å². The summed E-state index contributed by atoms with van der Waals surface area (Å²) in [6.45, 7) is 1.67. The fourth-order valence-corrected chi connectivity index (χ4v) is 3.64. The van der Waals surface area contributed by atoms with Crippen LogP contribution in [0.2, 0.25) is 0 Å². The summed E-state index contributed by atoms with van der Waals surface area (Å²) in [5, 5.41) is 0.506. The van der Waals surface area contributed by atoms with E-state index < -0.39 is 40.8 Å². The van der Waals surface area contributed by atoms with E-state index in [0.29, 0.717) is 10.9 Å². The molecule has 160 valence electrons. The summed E-state index contributed by atoms with van der Waals surface area (Å²) in [6, 6.07) is 4.47. The monoisotopic (exact) mass is 431 g/mol. The first-order valence-electron chi connectivity index (χ1n) is 9.31. The molecule has 2 heterocycles. The Morgan fingerprint density at radius 2 is 1.55 bits per heavy atom. The number of aryl methyl sites for hydroxylation is 1. The molecule has 1 N–H and O–H groups in total. The highest BCUT2D eigenvalue weighted by molar-refractivity contribution is 5.98. The van der Waals surface area contributed by atoms with Gasteiger partial charge in [0, 0.05) is 37.3 Å². The number of nitrogens with zero attached hydrogens (tertiary/aromatic N) is 2. The first-order valence-corrected chi connectivity index (χ1v) is 9.31. The molecule has 0 fully saturated rings. The van der Waals surface area contributed by atoms with Crippen molar-refractivity contribution in [2.45, 2.75) is 13.0 Å². The van der Waals surface area contributed by atoms with Crippen LogP contribution in [0.5, 0.6) is 0 Å². The number of hydrogen-bond acceptors (Lipinski definition) is 2. The average molecular weight is 431 g/mol. The van der Waals surface area contributed by atoms with Crippen molar-refractivity contribution in [2.24, 2.45) is 7.05 Å². The van der Waals surface area contributed by atoms with Gasteiger partial charge in [0.2, 0.25) is 0 Å². The van der Waals surface area contributed by atoms with Gasteiger partial charge < -0.3 is 14.5 Å². The molecule has 31 heavy (non-hydrogen) atoms. The van der Waals surface area contributed by atoms with E-state index >= 15 is 0 Å². The van der Waals surface area contributed by atoms with E-state index in [2.05, 4.69) is 4.98 Å². The summed E-state index contributed by atoms with van der Waals surface area (Å²) in [5.41, 5.74) is 0.285. The molecule has 0 aliphatic rings. The third-order valence-electron chi connectivity index (χ3n) is 5.50. The summed E-state index contributed by atoms with van der Waals surface area (Å²) in [5.74, 6) is -4.81. The molecule has 4 aromatic rings. The lowest BCUT2D eigenvalue weighted by molar-refractivity contribution is 0.0738. The van der Waals surface area contributed by atoms with Crippen LogP contribution in [0.3, 0.4) is 0 Å². The lowest BCUT2D eigenvalue weighted by atomic mass is 10.0. The second kappa shape index (κ2) is 7.26. The van der Waals surface area contributed by atoms with Crippen LogP contribution in [-0.2, 0) is 7.05 Å². The van der Waals surface area contributed by atoms with Crippen LogP contribution >= 0.6 is 0 Å². The molecule has 0 radical (unpaired) electrons. The number of halogens is 4. The van der Waals surface area contributed by atoms with E-state index in [0.717, 1.165) is 24.3 Å². The second-order valence-corrected chi connectivity index (χ2v) is 7.44. The molecule has 9 heteroatoms. The number of aromatic amines is 1. The van der Waals surface area contributed by atoms with Crippen LogP contribution in [0.15, 0.2) is 41.3 Å². The molecular formula is C22H17F4N3O2. The topological polar surface area (TPSA) is 58.1 Å². The summed E-state index contributed by atoms with van der Waals surface area (Å²) in [7, 11) is 2.97. The van der Waals surface area contributed by atoms with Crippen LogP contribution in [0, 0.1) is 23.3 Å². The minimum absolute atomic E-state index is 0.0110. The highest BCUT2D eigenvalue weighted by Gasteiger charge is 2.24. The van der Waals surface area contributed by atoms with Gasteiger partial charge in [-0.15, -0.1) is 0 Å². The van der Waals surface area contributed by atoms with Crippen molar-refractivity contribution in [3.8, 4) is 0 Å². The van der Waals surface area contributed by atoms with E-state index in [-0.39, 0.29) is 22.0 Å². The Kier molecular flexibility index (Phi) is 4.83. The highest BCUT2D eigenvalue weighted by Crippen LogP contribution is 2.29. The number of carbonyl (C=O) groups is 1. The van der Waals surface area contributed by atoms with E-state index in [1.165, 1.54) is 35.8 Å². The molecule has 0 bridgehead atoms. The predicted molar refractivity (Wildman–Crippen MR) is 108 cm³/mol. The van der Waals surface area contributed by atoms with Gasteiger partial charge in [-0.05, 0) is 42.1 Å². The number of nitrogens with one attached hydrogen (secondary N) is 1. The molecule has 0 aliphatic heterocycles. The molecule has 0 saturated carbocycles. The average Bonchev–Trinajstić information content (AvgIpc) is 3.13. The van der Waals surface area contributed by atoms with Crippen molar-refractivity contribution in [1.82, 2.24) is 14.5 Å². The van der Waals surface area contributed by atoms with Gasteiger partial charge in [0.05, 0.1) is 11.4 Å². The molecule has 4 rings (SSSR count). The Morgan fingerprint density at radius 3 is 2.23 bits per heavy atom. The lowest BCUT2D eigenvalue weighted by Gasteiger charge is -2.26. The maximum atomic E-state index is 13.9. The van der Waals surface area contributed by atoms with Crippen LogP contribution in [0.25, 0.3) is 21.7 Å². The Balaban J connectivity index is 1.77. The van der Waals surface area contributed by atoms with E-state index in [1.54, 1.807) is 6.92 Å². The summed E-state index contributed by atoms with van der Waals surface area (Å²) in [4.78, 5) is 29.5. The smallest absolute Gasteiger partial charge is 0.270 e. The molecule has 1 unspecified atom stereocenters. The summed E-state index contributed by atoms with van der Waals surface area (Å²) < 4.78 is 55.8. The second-order valence-electron chi connectivity index (χ2n) is 7.44. The predicted octanol–water partition coefficient (Wildman–Crippen LogP) is 4.41. The van der Waals surface area contributed by atoms with E-state index in [9.17, 15) is 27.2 Å². The van der Waals surface area contributed by atoms with Gasteiger partial charge in [-0.1, -0.05) is 0 Å². The number of amides is 1. The summed E-state index contributed by atoms with van der Waals surface area (Å²) >= 11 is 0. The lowest BCUT2D eigenvalue weighted by Crippen LogP contribution is -2.31. The van der Waals surface area contributed by atoms with Gasteiger partial charge in [-0.25, -0.2) is 17.6 Å². The Bertz CT molecular complexity index is 1390. The van der Waals surface area contributed by atoms with Crippen molar-refractivity contribution < 1.29 is 22.4 Å². The third-order valence-corrected chi connectivity index (χ3v) is 5.50. The van der Waals surface area contributed by atoms with Gasteiger partial charge in [-0.3, -0.25) is 9.59 Å². The number of pyridine rings is 1. The maximum Gasteiger partial charge on any atom is 0.270 e. The number of fused-ring (bicyclic) bond motifs is 2. The number of rotatable bonds is 3. The zero-order valence-corrected chi connectivity index (χ0v) is 16.8. The molecule has 0 aliphatic carbocycles. The Morgan fingerprint density at radius 1 is 0.968 bits per heavy atom. The molecule has 2 aromatic heterocycles. The number of hydrogen-bond donors (Lipinski definition) is 1. The van der Waals surface area contributed by atoms with Gasteiger partial charge in [0.15, 0.2) is 23.3 Å². The van der Waals surface area contributed by atoms with Gasteiger partial charge >= 0.3 is 0 Å². The van der Waals surface area contributed by atoms with Crippen molar-refractivity contribution in [2.75, 3.05) is 7.05 Å². The molecule has 1 amide bonds. The standard InChI is InChI=1S/C22H17F4N3O2/c1-10(14-9-28(2)21(30)13-7-17(25)16(24)6-12(13)14)29(3)22(31)20-5-11-4-15(23)18(26)8-19(11)27-20/h4-10,27H,1-3H3. The van der Waals surface area contributed by atoms with Crippen LogP contribution in [-0.4, -0.2) is 27.4 Å². The number of aromatic nitrogens is 2. The minimum Gasteiger partial charge on any atom is -0.350 e. The SMILES string of the molecule is CC(c1cn(C)c(=O)c2cc(F)c(F)cc12)N(C)C(=O)c1cc2cc(F)c(F)cc2[nH]1. The normalized spacial score (nSPS) is 12.5. The molecular weight excluding hydrogens is 414 g/mol. The zero-order valence-electron chi connectivity index (χ0n) is 16.8. The Hall–Kier alpha value is -3.62. The zero-order chi connectivity index (χ0) is 22.6. The number of carbonyl (C=O) groups excluding carboxylic acids is 1. The first-order chi connectivity index (χ1) is 14.6. The first kappa shape index (κ1) is 20.6. The molecule has 2 aromatic carbocycles. The highest BCUT2D eigenvalue weighted by atomic mass is 19.2. The Labute approximate surface area is 173 Å². The van der Waals surface area contributed by atoms with E-state index in [4.69, 9.17) is 0 Å². The van der Waals surface area contributed by atoms with Crippen LogP contribution in [0.4, 0.5) is 17.6 Å². The van der Waals surface area contributed by atoms with Crippen molar-refractivity contribution in [3.05, 3.63) is 81.4 Å². The van der Waals surface area contributed by atoms with Gasteiger partial charge in [0.25, 0.3) is 11.5 Å². The number of benzene rings is 2. The van der Waals surface area contributed by atoms with Crippen molar-refractivity contribution in [3.63, 3.8) is 0 Å². The molecule has 5 nitrogen and oxygen atoms in total. The third kappa shape index (κ3) is 3.35. The van der Waals surface area contributed by atoms with Crippen LogP contribution < -0.4 is 5.56 Å². The quantitative estimate of drug-likeness (QED) is 0.489. The molecule has 0 saturated heterocycles. The molecule has 1 atom stereocenters. The fraction of sp³-hybridized carbons (Fsp3) is 0.182. The van der Waals surface area contributed by atoms with Crippen molar-refractivity contribution >= 4 is 27.6 Å². The largest absolute Gasteiger partial charge is 0.350 e. The maximum absolute atomic E-state index is 13.9.